The maximum Gasteiger partial charge on any atom is 0.169 e. The first-order chi connectivity index (χ1) is 35.7. The van der Waals surface area contributed by atoms with Crippen LogP contribution in [0.2, 0.25) is 101 Å². The standard InChI is InChI=1S/C59H136O8Si8/c1-11-52(2)35-36-59(43-51-75(10)67)34-21-33-58(42-50-74(9)66)32-20-31-57(41-49-73(8)65)30-19-29-56(40-48-72(7)64)28-18-27-55(39-47-71(6)63)26-17-25-54(38-46-70(5)62)24-16-23-53(37-45-69(4)61)22-14-12-13-15-44-68(3)60/h52-75H,11-51H2,1-10H3. The summed E-state index contributed by atoms with van der Waals surface area (Å²) in [4.78, 5) is 82.6. The van der Waals surface area contributed by atoms with E-state index in [0.29, 0.717) is 29.6 Å². The molecule has 0 heterocycles. The van der Waals surface area contributed by atoms with Crippen molar-refractivity contribution in [1.29, 1.82) is 0 Å². The zero-order chi connectivity index (χ0) is 56.2. The molecule has 8 nitrogen and oxygen atoms in total. The summed E-state index contributed by atoms with van der Waals surface area (Å²) in [5.74, 6) is 5.68. The third-order valence-corrected chi connectivity index (χ3v) is 27.5. The molecule has 0 aromatic heterocycles. The van der Waals surface area contributed by atoms with Crippen LogP contribution < -0.4 is 0 Å². The van der Waals surface area contributed by atoms with Crippen molar-refractivity contribution in [2.24, 2.45) is 47.3 Å². The van der Waals surface area contributed by atoms with Gasteiger partial charge in [0.15, 0.2) is 72.3 Å². The molecule has 0 aliphatic heterocycles. The van der Waals surface area contributed by atoms with Gasteiger partial charge >= 0.3 is 0 Å². The van der Waals surface area contributed by atoms with Gasteiger partial charge in [-0.25, -0.2) is 0 Å². The molecule has 16 atom stereocenters. The summed E-state index contributed by atoms with van der Waals surface area (Å²) in [6, 6.07) is 8.23. The van der Waals surface area contributed by atoms with Gasteiger partial charge in [-0.2, -0.15) is 0 Å². The quantitative estimate of drug-likeness (QED) is 0.0221. The van der Waals surface area contributed by atoms with E-state index in [1.165, 1.54) is 199 Å². The third kappa shape index (κ3) is 52.0. The Morgan fingerprint density at radius 2 is 0.400 bits per heavy atom. The largest absolute Gasteiger partial charge is 0.435 e. The van der Waals surface area contributed by atoms with Crippen molar-refractivity contribution in [3.8, 4) is 0 Å². The van der Waals surface area contributed by atoms with Crippen molar-refractivity contribution in [3.63, 3.8) is 0 Å². The summed E-state index contributed by atoms with van der Waals surface area (Å²) >= 11 is 0. The van der Waals surface area contributed by atoms with E-state index < -0.39 is 72.3 Å². The molecule has 0 fully saturated rings. The molecule has 16 heteroatoms. The molecule has 0 amide bonds. The molecular weight excluding hydrogens is 1060 g/mol. The normalized spacial score (nSPS) is 18.8. The fraction of sp³-hybridized carbons (Fsp3) is 1.00. The van der Waals surface area contributed by atoms with Gasteiger partial charge in [-0.3, -0.25) is 0 Å². The van der Waals surface area contributed by atoms with Crippen molar-refractivity contribution >= 4 is 72.3 Å². The first-order valence-corrected chi connectivity index (χ1v) is 53.0. The van der Waals surface area contributed by atoms with E-state index in [9.17, 15) is 38.4 Å². The predicted molar refractivity (Wildman–Crippen MR) is 352 cm³/mol. The van der Waals surface area contributed by atoms with Gasteiger partial charge < -0.3 is 38.4 Å². The Balaban J connectivity index is 5.55. The van der Waals surface area contributed by atoms with Crippen LogP contribution in [0.15, 0.2) is 0 Å². The average Bonchev–Trinajstić information content (AvgIpc) is 3.33. The van der Waals surface area contributed by atoms with Gasteiger partial charge in [0.2, 0.25) is 0 Å². The molecule has 0 aliphatic carbocycles. The Labute approximate surface area is 481 Å². The van der Waals surface area contributed by atoms with Crippen molar-refractivity contribution in [3.05, 3.63) is 0 Å². The van der Waals surface area contributed by atoms with Crippen LogP contribution in [0.1, 0.15) is 226 Å². The molecule has 0 aliphatic rings. The number of hydrogen-bond donors (Lipinski definition) is 8. The summed E-state index contributed by atoms with van der Waals surface area (Å²) in [6.45, 7) is 21.3. The molecule has 452 valence electrons. The van der Waals surface area contributed by atoms with Gasteiger partial charge in [0.05, 0.1) is 0 Å². The van der Waals surface area contributed by atoms with Crippen molar-refractivity contribution in [2.45, 2.75) is 326 Å². The van der Waals surface area contributed by atoms with Gasteiger partial charge in [-0.05, 0) is 148 Å². The highest BCUT2D eigenvalue weighted by Gasteiger charge is 2.21. The molecule has 0 rings (SSSR count). The second kappa shape index (κ2) is 51.1. The Morgan fingerprint density at radius 3 is 0.600 bits per heavy atom. The van der Waals surface area contributed by atoms with Gasteiger partial charge in [-0.1, -0.05) is 226 Å². The van der Waals surface area contributed by atoms with Crippen LogP contribution in [0, 0.1) is 47.3 Å². The second-order valence-electron chi connectivity index (χ2n) is 26.6. The van der Waals surface area contributed by atoms with Crippen LogP contribution in [0.5, 0.6) is 0 Å². The Hall–Kier alpha value is 1.42. The average molecular weight is 1200 g/mol. The summed E-state index contributed by atoms with van der Waals surface area (Å²) in [7, 11) is -12.5. The van der Waals surface area contributed by atoms with E-state index in [1.807, 2.05) is 6.55 Å². The lowest BCUT2D eigenvalue weighted by Crippen LogP contribution is -2.14. The molecule has 0 bridgehead atoms. The first kappa shape index (κ1) is 76.4. The highest BCUT2D eigenvalue weighted by atomic mass is 28.3. The highest BCUT2D eigenvalue weighted by molar-refractivity contribution is 6.50. The lowest BCUT2D eigenvalue weighted by Gasteiger charge is -2.24. The maximum atomic E-state index is 10.5. The van der Waals surface area contributed by atoms with Gasteiger partial charge in [0.25, 0.3) is 0 Å². The minimum absolute atomic E-state index is 0.675. The lowest BCUT2D eigenvalue weighted by atomic mass is 9.84. The smallest absolute Gasteiger partial charge is 0.169 e. The zero-order valence-corrected chi connectivity index (χ0v) is 61.0. The molecule has 16 unspecified atom stereocenters. The Bertz CT molecular complexity index is 1210. The highest BCUT2D eigenvalue weighted by Crippen LogP contribution is 2.34. The van der Waals surface area contributed by atoms with Crippen LogP contribution in [0.4, 0.5) is 0 Å². The van der Waals surface area contributed by atoms with Crippen LogP contribution in [-0.2, 0) is 0 Å². The molecular formula is C59H136O8Si8. The Morgan fingerprint density at radius 1 is 0.213 bits per heavy atom. The van der Waals surface area contributed by atoms with E-state index in [4.69, 9.17) is 0 Å². The van der Waals surface area contributed by atoms with Crippen molar-refractivity contribution < 1.29 is 38.4 Å². The summed E-state index contributed by atoms with van der Waals surface area (Å²) in [6.07, 6.45) is 41.1. The van der Waals surface area contributed by atoms with E-state index in [-0.39, 0.29) is 0 Å². The van der Waals surface area contributed by atoms with Crippen LogP contribution >= 0.6 is 0 Å². The number of unbranched alkanes of at least 4 members (excludes halogenated alkanes) is 3. The molecule has 0 radical (unpaired) electrons. The SMILES string of the molecule is CCC(C)CCC(CCCC(CCCC(CCCC(CCCC(CCCC(CCCC(CCCCCC[SiH](C)O)CC[SiH](C)O)CC[SiH](C)O)CC[SiH](C)O)CC[SiH](C)O)CC[SiH](C)O)CC[SiH](C)O)CC[SiH](C)O. The van der Waals surface area contributed by atoms with E-state index >= 15 is 0 Å². The summed E-state index contributed by atoms with van der Waals surface area (Å²) in [5, 5.41) is 0. The van der Waals surface area contributed by atoms with Gasteiger partial charge in [-0.15, -0.1) is 0 Å². The van der Waals surface area contributed by atoms with Crippen molar-refractivity contribution in [2.75, 3.05) is 0 Å². The second-order valence-corrected chi connectivity index (χ2v) is 44.8. The molecule has 0 spiro atoms. The topological polar surface area (TPSA) is 162 Å². The van der Waals surface area contributed by atoms with Crippen molar-refractivity contribution in [1.82, 2.24) is 0 Å². The molecule has 0 aromatic carbocycles. The maximum absolute atomic E-state index is 10.5. The summed E-state index contributed by atoms with van der Waals surface area (Å²) in [5.41, 5.74) is 0. The Kier molecular flexibility index (Phi) is 52.0. The van der Waals surface area contributed by atoms with E-state index in [2.05, 4.69) is 59.7 Å². The zero-order valence-electron chi connectivity index (χ0n) is 51.8. The minimum atomic E-state index is -1.62. The third-order valence-electron chi connectivity index (χ3n) is 18.0. The number of hydrogen-bond acceptors (Lipinski definition) is 8. The fourth-order valence-corrected chi connectivity index (χ4v) is 20.0. The molecule has 0 saturated carbocycles. The summed E-state index contributed by atoms with van der Waals surface area (Å²) < 4.78 is 0. The van der Waals surface area contributed by atoms with E-state index in [1.54, 1.807) is 0 Å². The molecule has 0 saturated heterocycles. The molecule has 0 aromatic rings. The van der Waals surface area contributed by atoms with Crippen LogP contribution in [0.25, 0.3) is 0 Å². The first-order valence-electron chi connectivity index (χ1n) is 33.1. The van der Waals surface area contributed by atoms with Gasteiger partial charge in [0.1, 0.15) is 0 Å². The minimum Gasteiger partial charge on any atom is -0.435 e. The van der Waals surface area contributed by atoms with Gasteiger partial charge in [0, 0.05) is 0 Å². The fourth-order valence-electron chi connectivity index (χ4n) is 12.5. The monoisotopic (exact) mass is 1200 g/mol. The molecule has 75 heavy (non-hydrogen) atoms. The van der Waals surface area contributed by atoms with Crippen LogP contribution in [0.3, 0.4) is 0 Å². The predicted octanol–water partition coefficient (Wildman–Crippen LogP) is 13.6. The number of rotatable bonds is 56. The van der Waals surface area contributed by atoms with E-state index in [0.717, 1.165) is 78.9 Å². The lowest BCUT2D eigenvalue weighted by molar-refractivity contribution is 0.309. The molecule has 8 N–H and O–H groups in total. The van der Waals surface area contributed by atoms with Crippen LogP contribution in [-0.4, -0.2) is 111 Å².